The molecule has 0 radical (unpaired) electrons. The van der Waals surface area contributed by atoms with E-state index in [1.165, 1.54) is 0 Å². The van der Waals surface area contributed by atoms with Gasteiger partial charge in [0.2, 0.25) is 5.91 Å². The molecule has 0 aromatic rings. The van der Waals surface area contributed by atoms with E-state index in [1.54, 1.807) is 0 Å². The van der Waals surface area contributed by atoms with Crippen molar-refractivity contribution in [3.05, 3.63) is 0 Å². The Morgan fingerprint density at radius 1 is 1.33 bits per heavy atom. The summed E-state index contributed by atoms with van der Waals surface area (Å²) in [4.78, 5) is 22.3. The first-order valence-corrected chi connectivity index (χ1v) is 5.30. The molecule has 0 aliphatic heterocycles. The van der Waals surface area contributed by atoms with E-state index in [-0.39, 0.29) is 17.9 Å². The van der Waals surface area contributed by atoms with E-state index in [1.807, 2.05) is 27.7 Å². The number of carbonyl (C=O) groups is 2. The van der Waals surface area contributed by atoms with Gasteiger partial charge in [0, 0.05) is 12.0 Å². The summed E-state index contributed by atoms with van der Waals surface area (Å²) < 4.78 is 0. The van der Waals surface area contributed by atoms with Gasteiger partial charge in [0.05, 0.1) is 5.92 Å². The summed E-state index contributed by atoms with van der Waals surface area (Å²) >= 11 is 0. The van der Waals surface area contributed by atoms with Crippen LogP contribution in [0.25, 0.3) is 0 Å². The van der Waals surface area contributed by atoms with Crippen LogP contribution in [-0.4, -0.2) is 22.5 Å². The molecule has 4 heteroatoms. The van der Waals surface area contributed by atoms with Crippen LogP contribution in [0.4, 0.5) is 0 Å². The van der Waals surface area contributed by atoms with Crippen molar-refractivity contribution in [1.82, 2.24) is 5.32 Å². The maximum atomic E-state index is 11.5. The quantitative estimate of drug-likeness (QED) is 0.734. The third-order valence-corrected chi connectivity index (χ3v) is 1.93. The topological polar surface area (TPSA) is 66.4 Å². The average Bonchev–Trinajstić information content (AvgIpc) is 1.99. The Morgan fingerprint density at radius 3 is 2.20 bits per heavy atom. The zero-order valence-corrected chi connectivity index (χ0v) is 9.96. The lowest BCUT2D eigenvalue weighted by atomic mass is 9.98. The zero-order valence-electron chi connectivity index (χ0n) is 9.96. The van der Waals surface area contributed by atoms with E-state index < -0.39 is 11.9 Å². The van der Waals surface area contributed by atoms with Crippen molar-refractivity contribution >= 4 is 11.9 Å². The predicted molar refractivity (Wildman–Crippen MR) is 58.5 cm³/mol. The lowest BCUT2D eigenvalue weighted by Gasteiger charge is -2.21. The largest absolute Gasteiger partial charge is 0.481 e. The number of carbonyl (C=O) groups excluding carboxylic acids is 1. The predicted octanol–water partition coefficient (Wildman–Crippen LogP) is 1.79. The van der Waals surface area contributed by atoms with Gasteiger partial charge < -0.3 is 10.4 Å². The summed E-state index contributed by atoms with van der Waals surface area (Å²) in [5.41, 5.74) is -0.299. The van der Waals surface area contributed by atoms with E-state index >= 15 is 0 Å². The zero-order chi connectivity index (χ0) is 12.1. The van der Waals surface area contributed by atoms with Crippen molar-refractivity contribution < 1.29 is 14.7 Å². The fourth-order valence-electron chi connectivity index (χ4n) is 1.35. The second kappa shape index (κ2) is 5.73. The van der Waals surface area contributed by atoms with Gasteiger partial charge in [-0.25, -0.2) is 0 Å². The molecule has 0 aliphatic carbocycles. The molecule has 15 heavy (non-hydrogen) atoms. The molecule has 1 unspecified atom stereocenters. The summed E-state index contributed by atoms with van der Waals surface area (Å²) in [6.45, 7) is 7.54. The van der Waals surface area contributed by atoms with Gasteiger partial charge in [-0.15, -0.1) is 0 Å². The number of amides is 1. The van der Waals surface area contributed by atoms with E-state index in [4.69, 9.17) is 5.11 Å². The first-order valence-electron chi connectivity index (χ1n) is 5.30. The Balaban J connectivity index is 4.18. The van der Waals surface area contributed by atoms with E-state index in [2.05, 4.69) is 5.32 Å². The molecule has 1 atom stereocenters. The molecule has 0 spiro atoms. The summed E-state index contributed by atoms with van der Waals surface area (Å²) in [6.07, 6.45) is 1.40. The molecular formula is C11H21NO3. The minimum atomic E-state index is -0.888. The van der Waals surface area contributed by atoms with E-state index in [0.717, 1.165) is 6.42 Å². The Kier molecular flexibility index (Phi) is 5.33. The van der Waals surface area contributed by atoms with Crippen LogP contribution in [0.3, 0.4) is 0 Å². The van der Waals surface area contributed by atoms with Crippen molar-refractivity contribution in [1.29, 1.82) is 0 Å². The number of hydrogen-bond acceptors (Lipinski definition) is 2. The Bertz CT molecular complexity index is 230. The van der Waals surface area contributed by atoms with Crippen molar-refractivity contribution in [3.8, 4) is 0 Å². The highest BCUT2D eigenvalue weighted by Gasteiger charge is 2.22. The standard InChI is InChI=1S/C11H21NO3/c1-5-6-8(10(14)15)7-9(13)12-11(2,3)4/h8H,5-7H2,1-4H3,(H,12,13)(H,14,15). The van der Waals surface area contributed by atoms with Crippen molar-refractivity contribution in [2.75, 3.05) is 0 Å². The fraction of sp³-hybridized carbons (Fsp3) is 0.818. The van der Waals surface area contributed by atoms with E-state index in [0.29, 0.717) is 6.42 Å². The molecule has 0 bridgehead atoms. The van der Waals surface area contributed by atoms with Gasteiger partial charge in [-0.05, 0) is 27.2 Å². The molecule has 0 rings (SSSR count). The molecule has 2 N–H and O–H groups in total. The highest BCUT2D eigenvalue weighted by molar-refractivity contribution is 5.82. The molecule has 0 saturated heterocycles. The Labute approximate surface area is 91.1 Å². The van der Waals surface area contributed by atoms with E-state index in [9.17, 15) is 9.59 Å². The first kappa shape index (κ1) is 13.9. The number of aliphatic carboxylic acids is 1. The summed E-state index contributed by atoms with van der Waals surface area (Å²) in [5, 5.41) is 11.6. The lowest BCUT2D eigenvalue weighted by Crippen LogP contribution is -2.41. The van der Waals surface area contributed by atoms with Crippen LogP contribution < -0.4 is 5.32 Å². The smallest absolute Gasteiger partial charge is 0.307 e. The SMILES string of the molecule is CCCC(CC(=O)NC(C)(C)C)C(=O)O. The highest BCUT2D eigenvalue weighted by Crippen LogP contribution is 2.12. The molecule has 0 fully saturated rings. The van der Waals surface area contributed by atoms with Crippen molar-refractivity contribution in [3.63, 3.8) is 0 Å². The second-order valence-corrected chi connectivity index (χ2v) is 4.83. The molecule has 0 saturated carbocycles. The summed E-state index contributed by atoms with van der Waals surface area (Å²) in [6, 6.07) is 0. The molecule has 1 amide bonds. The fourth-order valence-corrected chi connectivity index (χ4v) is 1.35. The number of rotatable bonds is 5. The van der Waals surface area contributed by atoms with Crippen LogP contribution in [-0.2, 0) is 9.59 Å². The van der Waals surface area contributed by atoms with Crippen LogP contribution in [0.2, 0.25) is 0 Å². The van der Waals surface area contributed by atoms with Crippen LogP contribution in [0.15, 0.2) is 0 Å². The third-order valence-electron chi connectivity index (χ3n) is 1.93. The monoisotopic (exact) mass is 215 g/mol. The number of nitrogens with one attached hydrogen (secondary N) is 1. The molecule has 0 aliphatic rings. The van der Waals surface area contributed by atoms with Crippen molar-refractivity contribution in [2.24, 2.45) is 5.92 Å². The highest BCUT2D eigenvalue weighted by atomic mass is 16.4. The van der Waals surface area contributed by atoms with Gasteiger partial charge in [-0.3, -0.25) is 9.59 Å². The maximum Gasteiger partial charge on any atom is 0.307 e. The summed E-state index contributed by atoms with van der Waals surface area (Å²) in [5.74, 6) is -1.64. The molecule has 0 aromatic carbocycles. The average molecular weight is 215 g/mol. The molecule has 0 aromatic heterocycles. The van der Waals surface area contributed by atoms with Crippen LogP contribution in [0.5, 0.6) is 0 Å². The van der Waals surface area contributed by atoms with Crippen molar-refractivity contribution in [2.45, 2.75) is 52.5 Å². The minimum absolute atomic E-state index is 0.0699. The third kappa shape index (κ3) is 6.94. The Hall–Kier alpha value is -1.06. The minimum Gasteiger partial charge on any atom is -0.481 e. The molecule has 4 nitrogen and oxygen atoms in total. The first-order chi connectivity index (χ1) is 6.76. The van der Waals surface area contributed by atoms with Gasteiger partial charge in [-0.1, -0.05) is 13.3 Å². The summed E-state index contributed by atoms with van der Waals surface area (Å²) in [7, 11) is 0. The Morgan fingerprint density at radius 2 is 1.87 bits per heavy atom. The van der Waals surface area contributed by atoms with Gasteiger partial charge >= 0.3 is 5.97 Å². The van der Waals surface area contributed by atoms with Gasteiger partial charge in [0.15, 0.2) is 0 Å². The van der Waals surface area contributed by atoms with Crippen LogP contribution in [0.1, 0.15) is 47.0 Å². The van der Waals surface area contributed by atoms with Crippen LogP contribution >= 0.6 is 0 Å². The molecule has 0 heterocycles. The van der Waals surface area contributed by atoms with Gasteiger partial charge in [0.1, 0.15) is 0 Å². The molecule has 88 valence electrons. The number of carboxylic acid groups (broad SMARTS) is 1. The lowest BCUT2D eigenvalue weighted by molar-refractivity contribution is -0.144. The normalized spacial score (nSPS) is 13.3. The molecular weight excluding hydrogens is 194 g/mol. The maximum absolute atomic E-state index is 11.5. The van der Waals surface area contributed by atoms with Gasteiger partial charge in [-0.2, -0.15) is 0 Å². The second-order valence-electron chi connectivity index (χ2n) is 4.83. The number of carboxylic acids is 1. The van der Waals surface area contributed by atoms with Crippen LogP contribution in [0, 0.1) is 5.92 Å². The number of hydrogen-bond donors (Lipinski definition) is 2. The van der Waals surface area contributed by atoms with Gasteiger partial charge in [0.25, 0.3) is 0 Å².